The van der Waals surface area contributed by atoms with Gasteiger partial charge in [-0.05, 0) is 12.2 Å². The first-order valence-electron chi connectivity index (χ1n) is 4.12. The summed E-state index contributed by atoms with van der Waals surface area (Å²) in [4.78, 5) is 14.7. The molecule has 5 heteroatoms. The van der Waals surface area contributed by atoms with Crippen LogP contribution in [-0.2, 0) is 4.79 Å². The quantitative estimate of drug-likeness (QED) is 0.657. The first-order valence-corrected chi connectivity index (χ1v) is 4.12. The summed E-state index contributed by atoms with van der Waals surface area (Å²) in [5.41, 5.74) is 0.174. The molecule has 0 saturated heterocycles. The molecule has 0 fully saturated rings. The highest BCUT2D eigenvalue weighted by atomic mass is 16.4. The molecule has 0 saturated carbocycles. The minimum atomic E-state index is -0.974. The van der Waals surface area contributed by atoms with Gasteiger partial charge in [-0.3, -0.25) is 15.0 Å². The average molecular weight is 191 g/mol. The van der Waals surface area contributed by atoms with E-state index in [1.165, 1.54) is 12.4 Å². The van der Waals surface area contributed by atoms with Crippen molar-refractivity contribution in [1.29, 1.82) is 0 Å². The minimum Gasteiger partial charge on any atom is -0.478 e. The highest BCUT2D eigenvalue weighted by Crippen LogP contribution is 2.11. The van der Waals surface area contributed by atoms with Crippen molar-refractivity contribution in [1.82, 2.24) is 10.0 Å². The van der Waals surface area contributed by atoms with E-state index in [-0.39, 0.29) is 5.57 Å². The molecule has 2 heterocycles. The van der Waals surface area contributed by atoms with E-state index in [9.17, 15) is 4.79 Å². The van der Waals surface area contributed by atoms with Crippen LogP contribution in [-0.4, -0.2) is 34.0 Å². The lowest BCUT2D eigenvalue weighted by molar-refractivity contribution is -0.132. The predicted octanol–water partition coefficient (Wildman–Crippen LogP) is 0.557. The van der Waals surface area contributed by atoms with Gasteiger partial charge >= 0.3 is 5.97 Å². The van der Waals surface area contributed by atoms with Crippen LogP contribution in [0.25, 0.3) is 0 Å². The molecule has 0 aliphatic carbocycles. The Morgan fingerprint density at radius 2 is 2.21 bits per heavy atom. The number of carboxylic acids is 1. The summed E-state index contributed by atoms with van der Waals surface area (Å²) in [6, 6.07) is 0. The lowest BCUT2D eigenvalue weighted by Crippen LogP contribution is -2.31. The number of aliphatic imine (C=N–C) groups is 1. The first kappa shape index (κ1) is 8.55. The molecule has 5 nitrogen and oxygen atoms in total. The van der Waals surface area contributed by atoms with Gasteiger partial charge < -0.3 is 5.11 Å². The van der Waals surface area contributed by atoms with Gasteiger partial charge in [-0.1, -0.05) is 0 Å². The Balaban J connectivity index is 2.30. The number of aliphatic carboxylic acids is 1. The third-order valence-electron chi connectivity index (χ3n) is 1.88. The summed E-state index contributed by atoms with van der Waals surface area (Å²) >= 11 is 0. The second-order valence-electron chi connectivity index (χ2n) is 2.85. The molecule has 0 amide bonds. The van der Waals surface area contributed by atoms with Gasteiger partial charge in [-0.15, -0.1) is 0 Å². The summed E-state index contributed by atoms with van der Waals surface area (Å²) in [7, 11) is 0. The van der Waals surface area contributed by atoms with Gasteiger partial charge in [0.05, 0.1) is 5.57 Å². The van der Waals surface area contributed by atoms with E-state index in [1.807, 2.05) is 18.4 Å². The smallest absolute Gasteiger partial charge is 0.338 e. The Hall–Kier alpha value is -2.04. The van der Waals surface area contributed by atoms with Gasteiger partial charge in [0.1, 0.15) is 6.67 Å². The van der Waals surface area contributed by atoms with Crippen molar-refractivity contribution < 1.29 is 9.90 Å². The maximum Gasteiger partial charge on any atom is 0.338 e. The van der Waals surface area contributed by atoms with E-state index in [1.54, 1.807) is 16.2 Å². The number of nitrogens with zero attached hydrogens (tertiary/aromatic N) is 3. The second kappa shape index (κ2) is 3.37. The van der Waals surface area contributed by atoms with Crippen LogP contribution in [0.1, 0.15) is 0 Å². The summed E-state index contributed by atoms with van der Waals surface area (Å²) in [6.07, 6.45) is 10.2. The van der Waals surface area contributed by atoms with Crippen molar-refractivity contribution in [3.05, 3.63) is 36.3 Å². The molecule has 0 spiro atoms. The van der Waals surface area contributed by atoms with E-state index in [4.69, 9.17) is 5.11 Å². The molecule has 0 atom stereocenters. The van der Waals surface area contributed by atoms with Crippen LogP contribution in [0, 0.1) is 0 Å². The molecule has 0 radical (unpaired) electrons. The van der Waals surface area contributed by atoms with Crippen LogP contribution >= 0.6 is 0 Å². The third kappa shape index (κ3) is 1.52. The number of allylic oxidation sites excluding steroid dienone is 2. The minimum absolute atomic E-state index is 0.174. The predicted molar refractivity (Wildman–Crippen MR) is 51.0 cm³/mol. The molecule has 0 unspecified atom stereocenters. The second-order valence-corrected chi connectivity index (χ2v) is 2.85. The Morgan fingerprint density at radius 1 is 1.43 bits per heavy atom. The Kier molecular flexibility index (Phi) is 2.06. The van der Waals surface area contributed by atoms with Crippen LogP contribution in [0.2, 0.25) is 0 Å². The summed E-state index contributed by atoms with van der Waals surface area (Å²) < 4.78 is 0. The zero-order chi connectivity index (χ0) is 9.97. The monoisotopic (exact) mass is 191 g/mol. The van der Waals surface area contributed by atoms with E-state index in [0.717, 1.165) is 0 Å². The van der Waals surface area contributed by atoms with Gasteiger partial charge in [0.2, 0.25) is 0 Å². The molecular formula is C9H9N3O2. The van der Waals surface area contributed by atoms with Gasteiger partial charge in [-0.2, -0.15) is 0 Å². The number of rotatable bonds is 1. The van der Waals surface area contributed by atoms with Gasteiger partial charge in [-0.25, -0.2) is 4.79 Å². The van der Waals surface area contributed by atoms with E-state index in [2.05, 4.69) is 4.99 Å². The fraction of sp³-hybridized carbons (Fsp3) is 0.111. The van der Waals surface area contributed by atoms with E-state index < -0.39 is 5.97 Å². The van der Waals surface area contributed by atoms with Crippen LogP contribution in [0.4, 0.5) is 0 Å². The molecule has 0 aromatic heterocycles. The van der Waals surface area contributed by atoms with E-state index >= 15 is 0 Å². The fourth-order valence-electron chi connectivity index (χ4n) is 1.20. The lowest BCUT2D eigenvalue weighted by Gasteiger charge is -2.29. The molecule has 72 valence electrons. The number of hydrogen-bond donors (Lipinski definition) is 1. The summed E-state index contributed by atoms with van der Waals surface area (Å²) in [6.45, 7) is 0.425. The Labute approximate surface area is 80.9 Å². The van der Waals surface area contributed by atoms with Gasteiger partial charge in [0.15, 0.2) is 0 Å². The van der Waals surface area contributed by atoms with Crippen molar-refractivity contribution in [2.24, 2.45) is 4.99 Å². The van der Waals surface area contributed by atoms with Crippen molar-refractivity contribution >= 4 is 12.2 Å². The van der Waals surface area contributed by atoms with Crippen molar-refractivity contribution in [3.8, 4) is 0 Å². The fourth-order valence-corrected chi connectivity index (χ4v) is 1.20. The molecule has 1 N–H and O–H groups in total. The summed E-state index contributed by atoms with van der Waals surface area (Å²) in [5.74, 6) is -0.974. The van der Waals surface area contributed by atoms with Gasteiger partial charge in [0, 0.05) is 24.8 Å². The number of hydrazine groups is 1. The van der Waals surface area contributed by atoms with Crippen LogP contribution in [0.5, 0.6) is 0 Å². The standard InChI is InChI=1S/C9H9N3O2/c13-9(14)8-5-10-7-12-4-2-1-3-11(12)6-8/h1-6H,7H2,(H,13,14). The number of hydrogen-bond acceptors (Lipinski definition) is 4. The molecule has 0 bridgehead atoms. The lowest BCUT2D eigenvalue weighted by atomic mass is 10.3. The highest BCUT2D eigenvalue weighted by molar-refractivity contribution is 6.08. The molecule has 2 aliphatic rings. The molecule has 0 aromatic carbocycles. The zero-order valence-electron chi connectivity index (χ0n) is 7.37. The Bertz CT molecular complexity index is 368. The third-order valence-corrected chi connectivity index (χ3v) is 1.88. The maximum atomic E-state index is 10.7. The zero-order valence-corrected chi connectivity index (χ0v) is 7.37. The molecule has 14 heavy (non-hydrogen) atoms. The SMILES string of the molecule is O=C(O)C1=CN2C=CC=CN2CN=C1. The van der Waals surface area contributed by atoms with E-state index in [0.29, 0.717) is 6.67 Å². The molecule has 0 aromatic rings. The molecule has 2 aliphatic heterocycles. The molecule has 2 rings (SSSR count). The average Bonchev–Trinajstić information content (AvgIpc) is 2.39. The highest BCUT2D eigenvalue weighted by Gasteiger charge is 2.14. The largest absolute Gasteiger partial charge is 0.478 e. The van der Waals surface area contributed by atoms with Gasteiger partial charge in [0.25, 0.3) is 0 Å². The Morgan fingerprint density at radius 3 is 3.00 bits per heavy atom. The summed E-state index contributed by atoms with van der Waals surface area (Å²) in [5, 5.41) is 12.3. The van der Waals surface area contributed by atoms with Crippen LogP contribution in [0.15, 0.2) is 41.3 Å². The van der Waals surface area contributed by atoms with Crippen LogP contribution < -0.4 is 0 Å². The normalized spacial score (nSPS) is 19.0. The number of carbonyl (C=O) groups is 1. The van der Waals surface area contributed by atoms with Crippen molar-refractivity contribution in [2.45, 2.75) is 0 Å². The topological polar surface area (TPSA) is 56.1 Å². The first-order chi connectivity index (χ1) is 6.77. The maximum absolute atomic E-state index is 10.7. The molecular weight excluding hydrogens is 182 g/mol. The van der Waals surface area contributed by atoms with Crippen molar-refractivity contribution in [3.63, 3.8) is 0 Å². The number of fused-ring (bicyclic) bond motifs is 1. The van der Waals surface area contributed by atoms with Crippen LogP contribution in [0.3, 0.4) is 0 Å². The van der Waals surface area contributed by atoms with Crippen molar-refractivity contribution in [2.75, 3.05) is 6.67 Å². The number of carboxylic acid groups (broad SMARTS) is 1.